The second kappa shape index (κ2) is 28.6. The number of rotatable bonds is 19. The number of fused-ring (bicyclic) bond motifs is 1. The van der Waals surface area contributed by atoms with E-state index in [2.05, 4.69) is 172 Å². The van der Waals surface area contributed by atoms with Gasteiger partial charge in [0.15, 0.2) is 0 Å². The fourth-order valence-corrected chi connectivity index (χ4v) is 9.08. The quantitative estimate of drug-likeness (QED) is 0.0420. The molecule has 2 aliphatic rings. The van der Waals surface area contributed by atoms with Crippen LogP contribution < -0.4 is 5.43 Å². The van der Waals surface area contributed by atoms with Gasteiger partial charge in [0.05, 0.1) is 48.1 Å². The van der Waals surface area contributed by atoms with Gasteiger partial charge < -0.3 is 24.7 Å². The van der Waals surface area contributed by atoms with Crippen molar-refractivity contribution in [3.8, 4) is 34.2 Å². The van der Waals surface area contributed by atoms with Crippen molar-refractivity contribution in [1.29, 1.82) is 0 Å². The lowest BCUT2D eigenvalue weighted by Crippen LogP contribution is -2.50. The molecule has 0 spiro atoms. The summed E-state index contributed by atoms with van der Waals surface area (Å²) < 4.78 is 8.28. The number of benzene rings is 2. The Morgan fingerprint density at radius 2 is 1.68 bits per heavy atom. The average molecular weight is 994 g/mol. The summed E-state index contributed by atoms with van der Waals surface area (Å²) in [4.78, 5) is 8.90. The van der Waals surface area contributed by atoms with Crippen LogP contribution in [-0.2, 0) is 24.1 Å². The van der Waals surface area contributed by atoms with Crippen LogP contribution in [0.25, 0.3) is 33.3 Å². The van der Waals surface area contributed by atoms with Gasteiger partial charge in [0.2, 0.25) is 0 Å². The molecule has 2 N–H and O–H groups in total. The van der Waals surface area contributed by atoms with Crippen LogP contribution in [0.3, 0.4) is 0 Å². The lowest BCUT2D eigenvalue weighted by molar-refractivity contribution is 0.0138. The molecule has 73 heavy (non-hydrogen) atoms. The summed E-state index contributed by atoms with van der Waals surface area (Å²) in [5, 5.41) is 14.2. The van der Waals surface area contributed by atoms with Crippen LogP contribution in [0.1, 0.15) is 151 Å². The lowest BCUT2D eigenvalue weighted by Gasteiger charge is -2.39. The van der Waals surface area contributed by atoms with Gasteiger partial charge in [-0.25, -0.2) is 0 Å². The van der Waals surface area contributed by atoms with E-state index >= 15 is 0 Å². The second-order valence-electron chi connectivity index (χ2n) is 21.1. The largest absolute Gasteiger partial charge is 0.494 e. The molecule has 1 atom stereocenters. The molecule has 0 saturated carbocycles. The maximum absolute atomic E-state index is 10.8. The highest BCUT2D eigenvalue weighted by Crippen LogP contribution is 2.42. The van der Waals surface area contributed by atoms with Gasteiger partial charge in [0.1, 0.15) is 6.10 Å². The fraction of sp³-hybridized carbons (Fsp3) is 0.492. The first-order chi connectivity index (χ1) is 34.5. The molecule has 6 rings (SSSR count). The number of aliphatic hydroxyl groups excluding tert-OH is 1. The Kier molecular flexibility index (Phi) is 24.1. The van der Waals surface area contributed by atoms with Crippen LogP contribution in [0.15, 0.2) is 128 Å². The van der Waals surface area contributed by atoms with Gasteiger partial charge in [0, 0.05) is 47.1 Å². The molecule has 2 aromatic carbocycles. The van der Waals surface area contributed by atoms with Gasteiger partial charge in [-0.15, -0.1) is 6.58 Å². The molecular weight excluding hydrogens is 897 g/mol. The molecule has 0 amide bonds. The molecular formula is C65H96N6O2. The highest BCUT2D eigenvalue weighted by Gasteiger charge is 2.30. The number of aliphatic hydroxyl groups is 1. The fourth-order valence-electron chi connectivity index (χ4n) is 9.08. The van der Waals surface area contributed by atoms with Crippen LogP contribution in [-0.4, -0.2) is 74.8 Å². The molecule has 8 heteroatoms. The topological polar surface area (TPSA) is 69.0 Å². The Labute approximate surface area is 444 Å². The van der Waals surface area contributed by atoms with Crippen molar-refractivity contribution in [2.24, 2.45) is 11.3 Å². The van der Waals surface area contributed by atoms with E-state index in [0.29, 0.717) is 5.92 Å². The lowest BCUT2D eigenvalue weighted by atomic mass is 9.80. The third-order valence-corrected chi connectivity index (χ3v) is 13.7. The van der Waals surface area contributed by atoms with Gasteiger partial charge in [-0.3, -0.25) is 14.9 Å². The minimum Gasteiger partial charge on any atom is -0.494 e. The van der Waals surface area contributed by atoms with E-state index in [1.54, 1.807) is 13.1 Å². The maximum Gasteiger partial charge on any atom is 0.133 e. The van der Waals surface area contributed by atoms with Crippen LogP contribution in [0, 0.1) is 30.1 Å². The minimum atomic E-state index is -0.664. The molecule has 4 aromatic rings. The van der Waals surface area contributed by atoms with Crippen LogP contribution in [0.5, 0.6) is 0 Å². The van der Waals surface area contributed by atoms with Crippen LogP contribution in [0.4, 0.5) is 0 Å². The number of hydrogen-bond donors (Lipinski definition) is 2. The van der Waals surface area contributed by atoms with Gasteiger partial charge in [-0.1, -0.05) is 129 Å². The number of likely N-dealkylation sites (tertiary alicyclic amines) is 1. The van der Waals surface area contributed by atoms with Crippen LogP contribution >= 0.6 is 0 Å². The number of hydrogen-bond acceptors (Lipinski definition) is 7. The van der Waals surface area contributed by atoms with Gasteiger partial charge in [-0.2, -0.15) is 0 Å². The molecule has 2 aliphatic heterocycles. The van der Waals surface area contributed by atoms with Crippen molar-refractivity contribution in [1.82, 2.24) is 29.8 Å². The number of aryl methyl sites for hydroxylation is 3. The highest BCUT2D eigenvalue weighted by molar-refractivity contribution is 5.95. The summed E-state index contributed by atoms with van der Waals surface area (Å²) in [7, 11) is 4.07. The molecule has 4 heterocycles. The monoisotopic (exact) mass is 993 g/mol. The van der Waals surface area contributed by atoms with Gasteiger partial charge in [-0.05, 0) is 170 Å². The van der Waals surface area contributed by atoms with E-state index in [-0.39, 0.29) is 17.1 Å². The summed E-state index contributed by atoms with van der Waals surface area (Å²) in [5.41, 5.74) is 19.1. The first kappa shape index (κ1) is 61.5. The first-order valence-electron chi connectivity index (χ1n) is 27.1. The molecule has 2 aromatic heterocycles. The van der Waals surface area contributed by atoms with E-state index < -0.39 is 6.10 Å². The molecule has 2 saturated heterocycles. The second-order valence-corrected chi connectivity index (χ2v) is 21.1. The predicted octanol–water partition coefficient (Wildman–Crippen LogP) is 15.6. The number of allylic oxidation sites excluding steroid dienone is 6. The van der Waals surface area contributed by atoms with Gasteiger partial charge in [0.25, 0.3) is 0 Å². The van der Waals surface area contributed by atoms with Crippen molar-refractivity contribution in [2.45, 2.75) is 166 Å². The first-order valence-corrected chi connectivity index (χ1v) is 27.1. The summed E-state index contributed by atoms with van der Waals surface area (Å²) in [6.07, 6.45) is 12.1. The van der Waals surface area contributed by atoms with E-state index in [4.69, 9.17) is 4.74 Å². The normalized spacial score (nSPS) is 14.3. The smallest absolute Gasteiger partial charge is 0.133 e. The average Bonchev–Trinajstić information content (AvgIpc) is 3.64. The van der Waals surface area contributed by atoms with Crippen molar-refractivity contribution in [2.75, 3.05) is 33.7 Å². The Morgan fingerprint density at radius 3 is 2.27 bits per heavy atom. The summed E-state index contributed by atoms with van der Waals surface area (Å²) in [6.45, 7) is 53.5. The van der Waals surface area contributed by atoms with Crippen molar-refractivity contribution in [3.63, 3.8) is 0 Å². The molecule has 0 aliphatic carbocycles. The van der Waals surface area contributed by atoms with Gasteiger partial charge >= 0.3 is 0 Å². The standard InChI is InChI=1S/C41H52N4O.C20H32N2O.2C2H6/c1-9-11-20-41(7,8)27-37-36-26-33(18-19-38(36)44(10-2)40(37)35-15-12-21-42-39(35)31(6)46)34-24-28(3)23-32(25-34)17-16-30(5)45-22-13-14-29(4)43-45;1-15(2)19(16(3)4)14-23-18-12-22(13-18)17(5)10-11-20(6,7)21(8)9;2*1-2/h9,12,15,18-19,21,23-26,31,43,46H,1,4-5,10-11,13-14,16-17,20,22,27H2,2-3,6-8H3;14,16,18H,1,5,12-13H2,2-4,6-9H3;2*1-2H3/b;19-14-;;. The van der Waals surface area contributed by atoms with E-state index in [1.165, 1.54) is 50.0 Å². The predicted molar refractivity (Wildman–Crippen MR) is 316 cm³/mol. The zero-order chi connectivity index (χ0) is 54.8. The Bertz CT molecular complexity index is 2580. The number of pyridine rings is 1. The van der Waals surface area contributed by atoms with Crippen molar-refractivity contribution >= 4 is 10.9 Å². The number of hydrazine groups is 1. The Hall–Kier alpha value is -5.75. The summed E-state index contributed by atoms with van der Waals surface area (Å²) >= 11 is 0. The minimum absolute atomic E-state index is 0.0630. The third-order valence-electron chi connectivity index (χ3n) is 13.7. The zero-order valence-corrected chi connectivity index (χ0v) is 48.5. The van der Waals surface area contributed by atoms with Crippen molar-refractivity contribution in [3.05, 3.63) is 151 Å². The third kappa shape index (κ3) is 17.2. The van der Waals surface area contributed by atoms with E-state index in [1.807, 2.05) is 67.1 Å². The summed E-state index contributed by atoms with van der Waals surface area (Å²) in [6, 6.07) is 18.0. The summed E-state index contributed by atoms with van der Waals surface area (Å²) in [5.74, 6) is 6.88. The SMILES string of the molecule is C=C(C)/C(=C/OC1CN(C(=C)C#CC(C)(C)N(C)C)C1)C(C)C.C=CCCC(C)(C)Cc1c(-c2cccnc2C(C)O)n(CC)c2ccc(-c3cc(C)cc(CCC(=C)N4CCCC(=C)N4)c3)cc12.CC.CC. The molecule has 1 unspecified atom stereocenters. The highest BCUT2D eigenvalue weighted by atomic mass is 16.5. The Morgan fingerprint density at radius 1 is 1.00 bits per heavy atom. The number of nitrogens with zero attached hydrogens (tertiary/aromatic N) is 5. The number of nitrogens with one attached hydrogen (secondary N) is 1. The molecule has 0 bridgehead atoms. The molecule has 2 fully saturated rings. The van der Waals surface area contributed by atoms with E-state index in [0.717, 1.165) is 105 Å². The molecule has 0 radical (unpaired) electrons. The number of ether oxygens (including phenoxy) is 1. The Balaban J connectivity index is 0.000000439. The van der Waals surface area contributed by atoms with Crippen molar-refractivity contribution < 1.29 is 9.84 Å². The zero-order valence-electron chi connectivity index (χ0n) is 48.5. The molecule has 8 nitrogen and oxygen atoms in total. The molecule has 398 valence electrons. The number of aromatic nitrogens is 2. The van der Waals surface area contributed by atoms with Crippen LogP contribution in [0.2, 0.25) is 0 Å². The van der Waals surface area contributed by atoms with E-state index in [9.17, 15) is 5.11 Å². The maximum atomic E-state index is 10.8.